The molecule has 0 atom stereocenters. The van der Waals surface area contributed by atoms with Gasteiger partial charge in [0.05, 0.1) is 13.2 Å². The van der Waals surface area contributed by atoms with Crippen molar-refractivity contribution in [3.05, 3.63) is 18.2 Å². The molecule has 3 heteroatoms. The zero-order valence-corrected chi connectivity index (χ0v) is 10.2. The van der Waals surface area contributed by atoms with E-state index < -0.39 is 0 Å². The van der Waals surface area contributed by atoms with E-state index in [1.807, 2.05) is 18.2 Å². The van der Waals surface area contributed by atoms with E-state index in [0.717, 1.165) is 42.4 Å². The highest BCUT2D eigenvalue weighted by Gasteiger charge is 2.02. The molecule has 0 aromatic heterocycles. The molecule has 0 saturated heterocycles. The maximum Gasteiger partial charge on any atom is 0.132 e. The van der Waals surface area contributed by atoms with Crippen LogP contribution in [0.25, 0.3) is 0 Å². The van der Waals surface area contributed by atoms with Gasteiger partial charge in [-0.2, -0.15) is 0 Å². The van der Waals surface area contributed by atoms with Crippen LogP contribution in [0.15, 0.2) is 23.1 Å². The SMILES string of the molecule is CCCOc1ccc(OCCC)c(S)c1. The summed E-state index contributed by atoms with van der Waals surface area (Å²) in [5.41, 5.74) is 0. The molecule has 0 bridgehead atoms. The summed E-state index contributed by atoms with van der Waals surface area (Å²) in [6.07, 6.45) is 2.01. The number of benzene rings is 1. The Balaban J connectivity index is 2.61. The first-order chi connectivity index (χ1) is 7.27. The standard InChI is InChI=1S/C12H18O2S/c1-3-7-13-10-5-6-11(12(15)9-10)14-8-4-2/h5-6,9,15H,3-4,7-8H2,1-2H3. The van der Waals surface area contributed by atoms with Crippen molar-refractivity contribution in [2.24, 2.45) is 0 Å². The summed E-state index contributed by atoms with van der Waals surface area (Å²) >= 11 is 4.36. The van der Waals surface area contributed by atoms with Crippen molar-refractivity contribution in [1.82, 2.24) is 0 Å². The molecule has 0 N–H and O–H groups in total. The molecule has 0 radical (unpaired) electrons. The third-order valence-electron chi connectivity index (χ3n) is 1.86. The van der Waals surface area contributed by atoms with Gasteiger partial charge in [-0.1, -0.05) is 13.8 Å². The van der Waals surface area contributed by atoms with E-state index in [1.54, 1.807) is 0 Å². The molecule has 0 aliphatic carbocycles. The monoisotopic (exact) mass is 226 g/mol. The topological polar surface area (TPSA) is 18.5 Å². The molecule has 0 saturated carbocycles. The summed E-state index contributed by atoms with van der Waals surface area (Å²) in [4.78, 5) is 0.831. The van der Waals surface area contributed by atoms with Gasteiger partial charge in [0.25, 0.3) is 0 Å². The number of hydrogen-bond donors (Lipinski definition) is 1. The zero-order chi connectivity index (χ0) is 11.1. The molecule has 15 heavy (non-hydrogen) atoms. The highest BCUT2D eigenvalue weighted by molar-refractivity contribution is 7.80. The van der Waals surface area contributed by atoms with Crippen LogP contribution in [-0.2, 0) is 0 Å². The summed E-state index contributed by atoms with van der Waals surface area (Å²) in [5.74, 6) is 1.68. The predicted molar refractivity (Wildman–Crippen MR) is 65.3 cm³/mol. The van der Waals surface area contributed by atoms with Gasteiger partial charge in [-0.15, -0.1) is 12.6 Å². The second-order valence-electron chi connectivity index (χ2n) is 3.33. The first kappa shape index (κ1) is 12.2. The van der Waals surface area contributed by atoms with Crippen molar-refractivity contribution in [1.29, 1.82) is 0 Å². The Morgan fingerprint density at radius 1 is 1.07 bits per heavy atom. The largest absolute Gasteiger partial charge is 0.494 e. The fourth-order valence-corrected chi connectivity index (χ4v) is 1.41. The highest BCUT2D eigenvalue weighted by atomic mass is 32.1. The molecule has 84 valence electrons. The van der Waals surface area contributed by atoms with Crippen molar-refractivity contribution in [3.8, 4) is 11.5 Å². The Bertz CT molecular complexity index is 300. The minimum absolute atomic E-state index is 0.725. The van der Waals surface area contributed by atoms with Crippen molar-refractivity contribution in [2.75, 3.05) is 13.2 Å². The minimum Gasteiger partial charge on any atom is -0.494 e. The van der Waals surface area contributed by atoms with Gasteiger partial charge >= 0.3 is 0 Å². The summed E-state index contributed by atoms with van der Waals surface area (Å²) in [7, 11) is 0. The van der Waals surface area contributed by atoms with E-state index >= 15 is 0 Å². The molecule has 0 unspecified atom stereocenters. The third kappa shape index (κ3) is 4.04. The van der Waals surface area contributed by atoms with E-state index in [9.17, 15) is 0 Å². The highest BCUT2D eigenvalue weighted by Crippen LogP contribution is 2.27. The lowest BCUT2D eigenvalue weighted by Gasteiger charge is -2.09. The Morgan fingerprint density at radius 2 is 1.73 bits per heavy atom. The van der Waals surface area contributed by atoms with Crippen LogP contribution in [0.5, 0.6) is 11.5 Å². The van der Waals surface area contributed by atoms with Crippen molar-refractivity contribution in [2.45, 2.75) is 31.6 Å². The summed E-state index contributed by atoms with van der Waals surface area (Å²) < 4.78 is 11.0. The summed E-state index contributed by atoms with van der Waals surface area (Å²) in [6, 6.07) is 5.72. The average molecular weight is 226 g/mol. The normalized spacial score (nSPS) is 10.1. The van der Waals surface area contributed by atoms with Gasteiger partial charge in [-0.25, -0.2) is 0 Å². The second kappa shape index (κ2) is 6.62. The molecule has 2 nitrogen and oxygen atoms in total. The number of hydrogen-bond acceptors (Lipinski definition) is 3. The van der Waals surface area contributed by atoms with Crippen molar-refractivity contribution in [3.63, 3.8) is 0 Å². The second-order valence-corrected chi connectivity index (χ2v) is 3.81. The maximum absolute atomic E-state index is 5.51. The van der Waals surface area contributed by atoms with Crippen LogP contribution < -0.4 is 9.47 Å². The van der Waals surface area contributed by atoms with Crippen LogP contribution >= 0.6 is 12.6 Å². The van der Waals surface area contributed by atoms with Gasteiger partial charge < -0.3 is 9.47 Å². The number of rotatable bonds is 6. The maximum atomic E-state index is 5.51. The lowest BCUT2D eigenvalue weighted by molar-refractivity contribution is 0.302. The Hall–Kier alpha value is -0.830. The molecule has 0 heterocycles. The Labute approximate surface area is 97.0 Å². The van der Waals surface area contributed by atoms with E-state index in [1.165, 1.54) is 0 Å². The van der Waals surface area contributed by atoms with Crippen LogP contribution in [-0.4, -0.2) is 13.2 Å². The summed E-state index contributed by atoms with van der Waals surface area (Å²) in [6.45, 7) is 5.63. The number of ether oxygens (including phenoxy) is 2. The van der Waals surface area contributed by atoms with Gasteiger partial charge in [-0.05, 0) is 31.0 Å². The van der Waals surface area contributed by atoms with E-state index in [2.05, 4.69) is 26.5 Å². The van der Waals surface area contributed by atoms with Gasteiger partial charge in [0, 0.05) is 4.90 Å². The Kier molecular flexibility index (Phi) is 5.40. The lowest BCUT2D eigenvalue weighted by Crippen LogP contribution is -1.98. The quantitative estimate of drug-likeness (QED) is 0.748. The van der Waals surface area contributed by atoms with Gasteiger partial charge in [-0.3, -0.25) is 0 Å². The third-order valence-corrected chi connectivity index (χ3v) is 2.21. The molecule has 1 aromatic carbocycles. The molecule has 0 fully saturated rings. The van der Waals surface area contributed by atoms with Crippen LogP contribution in [0, 0.1) is 0 Å². The van der Waals surface area contributed by atoms with Crippen molar-refractivity contribution >= 4 is 12.6 Å². The lowest BCUT2D eigenvalue weighted by atomic mass is 10.3. The van der Waals surface area contributed by atoms with E-state index in [0.29, 0.717) is 0 Å². The van der Waals surface area contributed by atoms with E-state index in [4.69, 9.17) is 9.47 Å². The molecular formula is C12H18O2S. The van der Waals surface area contributed by atoms with Gasteiger partial charge in [0.2, 0.25) is 0 Å². The molecule has 0 aliphatic heterocycles. The van der Waals surface area contributed by atoms with Crippen LogP contribution in [0.1, 0.15) is 26.7 Å². The molecule has 0 aliphatic rings. The van der Waals surface area contributed by atoms with Gasteiger partial charge in [0.1, 0.15) is 11.5 Å². The summed E-state index contributed by atoms with van der Waals surface area (Å²) in [5, 5.41) is 0. The molecule has 0 amide bonds. The van der Waals surface area contributed by atoms with Crippen molar-refractivity contribution < 1.29 is 9.47 Å². The zero-order valence-electron chi connectivity index (χ0n) is 9.32. The molecule has 0 spiro atoms. The molecule has 1 rings (SSSR count). The smallest absolute Gasteiger partial charge is 0.132 e. The minimum atomic E-state index is 0.725. The average Bonchev–Trinajstić information content (AvgIpc) is 2.25. The van der Waals surface area contributed by atoms with Crippen LogP contribution in [0.3, 0.4) is 0 Å². The first-order valence-electron chi connectivity index (χ1n) is 5.36. The molecular weight excluding hydrogens is 208 g/mol. The fourth-order valence-electron chi connectivity index (χ4n) is 1.14. The fraction of sp³-hybridized carbons (Fsp3) is 0.500. The first-order valence-corrected chi connectivity index (χ1v) is 5.81. The van der Waals surface area contributed by atoms with Crippen LogP contribution in [0.2, 0.25) is 0 Å². The molecule has 1 aromatic rings. The van der Waals surface area contributed by atoms with E-state index in [-0.39, 0.29) is 0 Å². The van der Waals surface area contributed by atoms with Crippen LogP contribution in [0.4, 0.5) is 0 Å². The predicted octanol–water partition coefficient (Wildman–Crippen LogP) is 3.55. The Morgan fingerprint density at radius 3 is 2.33 bits per heavy atom. The van der Waals surface area contributed by atoms with Gasteiger partial charge in [0.15, 0.2) is 0 Å². The number of thiol groups is 1.